The molecule has 0 amide bonds. The molecule has 1 aliphatic carbocycles. The van der Waals surface area contributed by atoms with Crippen molar-refractivity contribution in [1.29, 1.82) is 0 Å². The predicted molar refractivity (Wildman–Crippen MR) is 59.0 cm³/mol. The zero-order valence-corrected chi connectivity index (χ0v) is 9.92. The average molecular weight is 236 g/mol. The molecule has 5 nitrogen and oxygen atoms in total. The van der Waals surface area contributed by atoms with Crippen molar-refractivity contribution in [1.82, 2.24) is 4.72 Å². The van der Waals surface area contributed by atoms with Gasteiger partial charge in [0.1, 0.15) is 0 Å². The van der Waals surface area contributed by atoms with Crippen LogP contribution in [0.4, 0.5) is 0 Å². The van der Waals surface area contributed by atoms with Crippen molar-refractivity contribution in [3.63, 3.8) is 0 Å². The molecule has 1 rings (SSSR count). The lowest BCUT2D eigenvalue weighted by Gasteiger charge is -2.19. The molecule has 6 heteroatoms. The highest BCUT2D eigenvalue weighted by atomic mass is 32.2. The molecule has 1 aliphatic rings. The summed E-state index contributed by atoms with van der Waals surface area (Å²) in [6.07, 6.45) is 3.33. The average Bonchev–Trinajstić information content (AvgIpc) is 2.61. The molecule has 2 unspecified atom stereocenters. The van der Waals surface area contributed by atoms with E-state index in [2.05, 4.69) is 4.72 Å². The van der Waals surface area contributed by atoms with Crippen molar-refractivity contribution in [3.8, 4) is 0 Å². The molecule has 0 aromatic carbocycles. The summed E-state index contributed by atoms with van der Waals surface area (Å²) in [5.74, 6) is 0.108. The number of ether oxygens (including phenoxy) is 1. The van der Waals surface area contributed by atoms with Gasteiger partial charge in [0.15, 0.2) is 0 Å². The molecule has 90 valence electrons. The van der Waals surface area contributed by atoms with Gasteiger partial charge < -0.3 is 10.5 Å². The molecule has 0 bridgehead atoms. The largest absolute Gasteiger partial charge is 0.380 e. The van der Waals surface area contributed by atoms with Gasteiger partial charge in [-0.3, -0.25) is 0 Å². The predicted octanol–water partition coefficient (Wildman–Crippen LogP) is -0.178. The standard InChI is InChI=1S/C9H20N2O3S/c1-14-9-5-2-4-8(9)11-15(12,13)7-3-6-10/h8-9,11H,2-7,10H2,1H3. The third kappa shape index (κ3) is 4.06. The minimum atomic E-state index is -3.18. The van der Waals surface area contributed by atoms with E-state index in [4.69, 9.17) is 10.5 Å². The van der Waals surface area contributed by atoms with Crippen LogP contribution in [0.1, 0.15) is 25.7 Å². The number of hydrogen-bond acceptors (Lipinski definition) is 4. The van der Waals surface area contributed by atoms with E-state index in [-0.39, 0.29) is 17.9 Å². The summed E-state index contributed by atoms with van der Waals surface area (Å²) in [4.78, 5) is 0. The first kappa shape index (κ1) is 12.9. The first-order chi connectivity index (χ1) is 7.09. The fourth-order valence-electron chi connectivity index (χ4n) is 1.91. The van der Waals surface area contributed by atoms with Crippen molar-refractivity contribution < 1.29 is 13.2 Å². The molecule has 15 heavy (non-hydrogen) atoms. The van der Waals surface area contributed by atoms with Crippen molar-refractivity contribution >= 4 is 10.0 Å². The van der Waals surface area contributed by atoms with E-state index in [0.717, 1.165) is 19.3 Å². The fraction of sp³-hybridized carbons (Fsp3) is 1.00. The Labute approximate surface area is 91.4 Å². The Balaban J connectivity index is 2.45. The second-order valence-corrected chi connectivity index (χ2v) is 5.76. The highest BCUT2D eigenvalue weighted by molar-refractivity contribution is 7.89. The summed E-state index contributed by atoms with van der Waals surface area (Å²) in [5.41, 5.74) is 5.28. The Morgan fingerprint density at radius 2 is 2.20 bits per heavy atom. The van der Waals surface area contributed by atoms with Crippen LogP contribution in [0.15, 0.2) is 0 Å². The molecular weight excluding hydrogens is 216 g/mol. The molecule has 0 radical (unpaired) electrons. The van der Waals surface area contributed by atoms with E-state index in [9.17, 15) is 8.42 Å². The normalized spacial score (nSPS) is 27.1. The maximum atomic E-state index is 11.6. The Morgan fingerprint density at radius 1 is 1.47 bits per heavy atom. The summed E-state index contributed by atoms with van der Waals surface area (Å²) in [7, 11) is -1.56. The summed E-state index contributed by atoms with van der Waals surface area (Å²) in [6, 6.07) is -0.0576. The lowest BCUT2D eigenvalue weighted by atomic mass is 10.2. The highest BCUT2D eigenvalue weighted by Gasteiger charge is 2.30. The first-order valence-corrected chi connectivity index (χ1v) is 6.97. The van der Waals surface area contributed by atoms with Gasteiger partial charge in [-0.1, -0.05) is 0 Å². The highest BCUT2D eigenvalue weighted by Crippen LogP contribution is 2.22. The minimum absolute atomic E-state index is 0.0256. The van der Waals surface area contributed by atoms with Crippen molar-refractivity contribution in [2.75, 3.05) is 19.4 Å². The van der Waals surface area contributed by atoms with E-state index in [1.54, 1.807) is 7.11 Å². The SMILES string of the molecule is COC1CCCC1NS(=O)(=O)CCCN. The third-order valence-electron chi connectivity index (χ3n) is 2.70. The van der Waals surface area contributed by atoms with E-state index in [0.29, 0.717) is 13.0 Å². The van der Waals surface area contributed by atoms with Gasteiger partial charge in [-0.05, 0) is 32.2 Å². The number of nitrogens with two attached hydrogens (primary N) is 1. The molecule has 1 fully saturated rings. The van der Waals surface area contributed by atoms with E-state index in [1.165, 1.54) is 0 Å². The lowest BCUT2D eigenvalue weighted by Crippen LogP contribution is -2.41. The lowest BCUT2D eigenvalue weighted by molar-refractivity contribution is 0.0916. The molecule has 0 saturated heterocycles. The Morgan fingerprint density at radius 3 is 2.80 bits per heavy atom. The van der Waals surface area contributed by atoms with E-state index >= 15 is 0 Å². The maximum absolute atomic E-state index is 11.6. The van der Waals surface area contributed by atoms with Gasteiger partial charge in [-0.25, -0.2) is 13.1 Å². The first-order valence-electron chi connectivity index (χ1n) is 5.32. The van der Waals surface area contributed by atoms with Gasteiger partial charge in [0.25, 0.3) is 0 Å². The van der Waals surface area contributed by atoms with E-state index < -0.39 is 10.0 Å². The zero-order valence-electron chi connectivity index (χ0n) is 9.11. The molecule has 3 N–H and O–H groups in total. The summed E-state index contributed by atoms with van der Waals surface area (Å²) in [6.45, 7) is 0.402. The quantitative estimate of drug-likeness (QED) is 0.670. The number of sulfonamides is 1. The topological polar surface area (TPSA) is 81.4 Å². The van der Waals surface area contributed by atoms with Crippen LogP contribution in [0.2, 0.25) is 0 Å². The van der Waals surface area contributed by atoms with Gasteiger partial charge in [0.05, 0.1) is 11.9 Å². The Kier molecular flexibility index (Phi) is 4.98. The molecular formula is C9H20N2O3S. The second-order valence-electron chi connectivity index (χ2n) is 3.89. The smallest absolute Gasteiger partial charge is 0.211 e. The molecule has 0 aromatic rings. The van der Waals surface area contributed by atoms with Crippen LogP contribution in [0.3, 0.4) is 0 Å². The summed E-state index contributed by atoms with van der Waals surface area (Å²) in [5, 5.41) is 0. The zero-order chi connectivity index (χ0) is 11.3. The Hall–Kier alpha value is -0.170. The van der Waals surface area contributed by atoms with Crippen molar-refractivity contribution in [2.24, 2.45) is 5.73 Å². The number of methoxy groups -OCH3 is 1. The number of hydrogen-bond donors (Lipinski definition) is 2. The molecule has 1 saturated carbocycles. The maximum Gasteiger partial charge on any atom is 0.211 e. The van der Waals surface area contributed by atoms with Crippen molar-refractivity contribution in [2.45, 2.75) is 37.8 Å². The van der Waals surface area contributed by atoms with Crippen LogP contribution in [-0.2, 0) is 14.8 Å². The van der Waals surface area contributed by atoms with Crippen LogP contribution in [0.5, 0.6) is 0 Å². The van der Waals surface area contributed by atoms with Gasteiger partial charge in [-0.2, -0.15) is 0 Å². The van der Waals surface area contributed by atoms with Gasteiger partial charge in [0, 0.05) is 13.2 Å². The summed E-state index contributed by atoms with van der Waals surface area (Å²) >= 11 is 0. The third-order valence-corrected chi connectivity index (χ3v) is 4.19. The summed E-state index contributed by atoms with van der Waals surface area (Å²) < 4.78 is 31.1. The molecule has 0 aromatic heterocycles. The van der Waals surface area contributed by atoms with Gasteiger partial charge in [-0.15, -0.1) is 0 Å². The fourth-order valence-corrected chi connectivity index (χ4v) is 3.30. The molecule has 2 atom stereocenters. The molecule has 0 heterocycles. The van der Waals surface area contributed by atoms with Crippen LogP contribution in [0, 0.1) is 0 Å². The Bertz CT molecular complexity index is 279. The van der Waals surface area contributed by atoms with Gasteiger partial charge in [0.2, 0.25) is 10.0 Å². The van der Waals surface area contributed by atoms with Crippen molar-refractivity contribution in [3.05, 3.63) is 0 Å². The van der Waals surface area contributed by atoms with Crippen LogP contribution in [0.25, 0.3) is 0 Å². The number of nitrogens with one attached hydrogen (secondary N) is 1. The van der Waals surface area contributed by atoms with Crippen LogP contribution >= 0.6 is 0 Å². The minimum Gasteiger partial charge on any atom is -0.380 e. The molecule has 0 aliphatic heterocycles. The second kappa shape index (κ2) is 5.79. The molecule has 0 spiro atoms. The van der Waals surface area contributed by atoms with Crippen LogP contribution < -0.4 is 10.5 Å². The monoisotopic (exact) mass is 236 g/mol. The van der Waals surface area contributed by atoms with Crippen LogP contribution in [-0.4, -0.2) is 40.0 Å². The number of rotatable bonds is 6. The van der Waals surface area contributed by atoms with E-state index in [1.807, 2.05) is 0 Å². The van der Waals surface area contributed by atoms with Gasteiger partial charge >= 0.3 is 0 Å².